The molecule has 2 nitrogen and oxygen atoms in total. The molecule has 3 heteroatoms. The Labute approximate surface area is 96.8 Å². The van der Waals surface area contributed by atoms with Crippen LogP contribution in [-0.4, -0.2) is 19.8 Å². The minimum atomic E-state index is -0.209. The molecule has 0 saturated heterocycles. The molecule has 0 fully saturated rings. The molecule has 0 unspecified atom stereocenters. The first-order valence-electron chi connectivity index (χ1n) is 5.82. The third-order valence-electron chi connectivity index (χ3n) is 2.33. The van der Waals surface area contributed by atoms with Crippen LogP contribution in [0.15, 0.2) is 18.2 Å². The van der Waals surface area contributed by atoms with Crippen LogP contribution in [0.25, 0.3) is 0 Å². The summed E-state index contributed by atoms with van der Waals surface area (Å²) in [5.74, 6) is -0.209. The van der Waals surface area contributed by atoms with Crippen molar-refractivity contribution < 1.29 is 9.13 Å². The molecule has 0 heterocycles. The first-order chi connectivity index (χ1) is 7.74. The lowest BCUT2D eigenvalue weighted by atomic mass is 10.2. The minimum Gasteiger partial charge on any atom is -0.380 e. The summed E-state index contributed by atoms with van der Waals surface area (Å²) in [6, 6.07) is 5.05. The van der Waals surface area contributed by atoms with Crippen molar-refractivity contribution >= 4 is 5.69 Å². The molecule has 1 aromatic rings. The van der Waals surface area contributed by atoms with Crippen LogP contribution in [-0.2, 0) is 4.74 Å². The fourth-order valence-electron chi connectivity index (χ4n) is 1.38. The molecule has 0 saturated carbocycles. The van der Waals surface area contributed by atoms with Gasteiger partial charge in [0.15, 0.2) is 0 Å². The molecule has 0 amide bonds. The summed E-state index contributed by atoms with van der Waals surface area (Å²) in [5, 5.41) is 3.03. The summed E-state index contributed by atoms with van der Waals surface area (Å²) in [4.78, 5) is 0. The zero-order chi connectivity index (χ0) is 11.8. The summed E-state index contributed by atoms with van der Waals surface area (Å²) in [7, 11) is 0. The number of hydrogen-bond donors (Lipinski definition) is 1. The standard InChI is InChI=1S/C13H20FNO/c1-3-4-8-16-9-7-15-13-10-11(2)5-6-12(13)14/h5-6,10,15H,3-4,7-9H2,1-2H3. The van der Waals surface area contributed by atoms with E-state index >= 15 is 0 Å². The van der Waals surface area contributed by atoms with E-state index in [9.17, 15) is 4.39 Å². The van der Waals surface area contributed by atoms with Gasteiger partial charge in [-0.1, -0.05) is 19.4 Å². The van der Waals surface area contributed by atoms with E-state index in [0.717, 1.165) is 25.0 Å². The van der Waals surface area contributed by atoms with Crippen LogP contribution < -0.4 is 5.32 Å². The maximum Gasteiger partial charge on any atom is 0.146 e. The van der Waals surface area contributed by atoms with E-state index in [-0.39, 0.29) is 5.82 Å². The van der Waals surface area contributed by atoms with Gasteiger partial charge in [-0.15, -0.1) is 0 Å². The molecule has 0 aliphatic heterocycles. The average Bonchev–Trinajstić information content (AvgIpc) is 2.28. The molecule has 0 aliphatic carbocycles. The van der Waals surface area contributed by atoms with Gasteiger partial charge in [0, 0.05) is 13.2 Å². The molecule has 1 aromatic carbocycles. The Balaban J connectivity index is 2.23. The number of nitrogens with one attached hydrogen (secondary N) is 1. The van der Waals surface area contributed by atoms with Crippen LogP contribution in [0.1, 0.15) is 25.3 Å². The van der Waals surface area contributed by atoms with Gasteiger partial charge in [-0.2, -0.15) is 0 Å². The van der Waals surface area contributed by atoms with Crippen molar-refractivity contribution in [3.63, 3.8) is 0 Å². The van der Waals surface area contributed by atoms with Crippen molar-refractivity contribution in [3.05, 3.63) is 29.6 Å². The molecular weight excluding hydrogens is 205 g/mol. The number of benzene rings is 1. The van der Waals surface area contributed by atoms with E-state index < -0.39 is 0 Å². The van der Waals surface area contributed by atoms with E-state index in [4.69, 9.17) is 4.74 Å². The van der Waals surface area contributed by atoms with Crippen LogP contribution in [0, 0.1) is 12.7 Å². The maximum atomic E-state index is 13.3. The molecule has 1 N–H and O–H groups in total. The lowest BCUT2D eigenvalue weighted by molar-refractivity contribution is 0.141. The van der Waals surface area contributed by atoms with Crippen LogP contribution >= 0.6 is 0 Å². The molecule has 0 atom stereocenters. The van der Waals surface area contributed by atoms with E-state index in [0.29, 0.717) is 18.8 Å². The summed E-state index contributed by atoms with van der Waals surface area (Å²) in [5.41, 5.74) is 1.61. The zero-order valence-electron chi connectivity index (χ0n) is 10.1. The fraction of sp³-hybridized carbons (Fsp3) is 0.538. The van der Waals surface area contributed by atoms with Crippen molar-refractivity contribution in [1.29, 1.82) is 0 Å². The number of halogens is 1. The smallest absolute Gasteiger partial charge is 0.146 e. The van der Waals surface area contributed by atoms with Crippen molar-refractivity contribution in [2.24, 2.45) is 0 Å². The molecule has 0 aliphatic rings. The summed E-state index contributed by atoms with van der Waals surface area (Å²) >= 11 is 0. The Morgan fingerprint density at radius 2 is 2.12 bits per heavy atom. The van der Waals surface area contributed by atoms with E-state index in [1.807, 2.05) is 6.92 Å². The molecule has 16 heavy (non-hydrogen) atoms. The normalized spacial score (nSPS) is 10.4. The van der Waals surface area contributed by atoms with Gasteiger partial charge in [-0.05, 0) is 31.0 Å². The number of anilines is 1. The highest BCUT2D eigenvalue weighted by atomic mass is 19.1. The molecule has 0 spiro atoms. The van der Waals surface area contributed by atoms with Crippen molar-refractivity contribution in [3.8, 4) is 0 Å². The Kier molecular flexibility index (Phi) is 5.86. The molecule has 90 valence electrons. The number of ether oxygens (including phenoxy) is 1. The number of hydrogen-bond acceptors (Lipinski definition) is 2. The van der Waals surface area contributed by atoms with Crippen LogP contribution in [0.5, 0.6) is 0 Å². The fourth-order valence-corrected chi connectivity index (χ4v) is 1.38. The lowest BCUT2D eigenvalue weighted by Crippen LogP contribution is -2.11. The van der Waals surface area contributed by atoms with Crippen LogP contribution in [0.2, 0.25) is 0 Å². The predicted molar refractivity (Wildman–Crippen MR) is 65.4 cm³/mol. The van der Waals surface area contributed by atoms with Gasteiger partial charge in [0.25, 0.3) is 0 Å². The molecule has 0 bridgehead atoms. The first kappa shape index (κ1) is 13.0. The number of rotatable bonds is 7. The summed E-state index contributed by atoms with van der Waals surface area (Å²) < 4.78 is 18.7. The SMILES string of the molecule is CCCCOCCNc1cc(C)ccc1F. The van der Waals surface area contributed by atoms with Gasteiger partial charge >= 0.3 is 0 Å². The highest BCUT2D eigenvalue weighted by Gasteiger charge is 2.00. The monoisotopic (exact) mass is 225 g/mol. The van der Waals surface area contributed by atoms with E-state index in [2.05, 4.69) is 12.2 Å². The third kappa shape index (κ3) is 4.62. The molecular formula is C13H20FNO. The van der Waals surface area contributed by atoms with Crippen molar-refractivity contribution in [2.45, 2.75) is 26.7 Å². The third-order valence-corrected chi connectivity index (χ3v) is 2.33. The predicted octanol–water partition coefficient (Wildman–Crippen LogP) is 3.36. The van der Waals surface area contributed by atoms with E-state index in [1.54, 1.807) is 12.1 Å². The Morgan fingerprint density at radius 1 is 1.31 bits per heavy atom. The maximum absolute atomic E-state index is 13.3. The molecule has 1 rings (SSSR count). The zero-order valence-corrected chi connectivity index (χ0v) is 10.1. The van der Waals surface area contributed by atoms with Gasteiger partial charge in [0.05, 0.1) is 12.3 Å². The quantitative estimate of drug-likeness (QED) is 0.718. The highest BCUT2D eigenvalue weighted by molar-refractivity contribution is 5.46. The van der Waals surface area contributed by atoms with Gasteiger partial charge in [0.1, 0.15) is 5.82 Å². The lowest BCUT2D eigenvalue weighted by Gasteiger charge is -2.08. The Bertz CT molecular complexity index is 315. The molecule has 0 radical (unpaired) electrons. The second-order valence-corrected chi connectivity index (χ2v) is 3.88. The van der Waals surface area contributed by atoms with Crippen LogP contribution in [0.3, 0.4) is 0 Å². The largest absolute Gasteiger partial charge is 0.380 e. The van der Waals surface area contributed by atoms with E-state index in [1.165, 1.54) is 6.07 Å². The van der Waals surface area contributed by atoms with Gasteiger partial charge in [-0.25, -0.2) is 4.39 Å². The summed E-state index contributed by atoms with van der Waals surface area (Å²) in [6.45, 7) is 6.12. The second kappa shape index (κ2) is 7.23. The van der Waals surface area contributed by atoms with Crippen LogP contribution in [0.4, 0.5) is 10.1 Å². The number of unbranched alkanes of at least 4 members (excludes halogenated alkanes) is 1. The van der Waals surface area contributed by atoms with Gasteiger partial charge < -0.3 is 10.1 Å². The van der Waals surface area contributed by atoms with Gasteiger partial charge in [-0.3, -0.25) is 0 Å². The average molecular weight is 225 g/mol. The van der Waals surface area contributed by atoms with Crippen molar-refractivity contribution in [1.82, 2.24) is 0 Å². The van der Waals surface area contributed by atoms with Gasteiger partial charge in [0.2, 0.25) is 0 Å². The topological polar surface area (TPSA) is 21.3 Å². The first-order valence-corrected chi connectivity index (χ1v) is 5.82. The second-order valence-electron chi connectivity index (χ2n) is 3.88. The highest BCUT2D eigenvalue weighted by Crippen LogP contribution is 2.14. The number of aryl methyl sites for hydroxylation is 1. The summed E-state index contributed by atoms with van der Waals surface area (Å²) in [6.07, 6.45) is 2.22. The Morgan fingerprint density at radius 3 is 2.88 bits per heavy atom. The Hall–Kier alpha value is -1.09. The van der Waals surface area contributed by atoms with Crippen molar-refractivity contribution in [2.75, 3.05) is 25.1 Å². The molecule has 0 aromatic heterocycles. The minimum absolute atomic E-state index is 0.209.